The molecule has 2 saturated heterocycles. The van der Waals surface area contributed by atoms with Crippen LogP contribution in [0.1, 0.15) is 29.9 Å². The van der Waals surface area contributed by atoms with E-state index in [4.69, 9.17) is 4.74 Å². The van der Waals surface area contributed by atoms with Crippen LogP contribution in [0.2, 0.25) is 0 Å². The largest absolute Gasteiger partial charge is 0.361 e. The van der Waals surface area contributed by atoms with E-state index >= 15 is 0 Å². The number of pyridine rings is 2. The highest BCUT2D eigenvalue weighted by atomic mass is 16.5. The van der Waals surface area contributed by atoms with Gasteiger partial charge in [-0.2, -0.15) is 0 Å². The van der Waals surface area contributed by atoms with Crippen LogP contribution in [-0.2, 0) is 20.9 Å². The lowest BCUT2D eigenvalue weighted by Crippen LogP contribution is -2.60. The molecule has 7 heteroatoms. The van der Waals surface area contributed by atoms with Crippen LogP contribution in [-0.4, -0.2) is 63.4 Å². The molecule has 29 heavy (non-hydrogen) atoms. The van der Waals surface area contributed by atoms with Crippen molar-refractivity contribution in [3.05, 3.63) is 60.2 Å². The summed E-state index contributed by atoms with van der Waals surface area (Å²) >= 11 is 0. The summed E-state index contributed by atoms with van der Waals surface area (Å²) in [5, 5.41) is 0. The molecule has 3 aliphatic rings. The Balaban J connectivity index is 1.47. The SMILES string of the molecule is O=C(C1CC1)N1C[C@@H](c2cccnc2)[C@@]2(C1)OCCN(Cc1ccncc1)C2=O. The molecule has 0 N–H and O–H groups in total. The quantitative estimate of drug-likeness (QED) is 0.790. The van der Waals surface area contributed by atoms with Gasteiger partial charge in [-0.05, 0) is 42.2 Å². The highest BCUT2D eigenvalue weighted by Crippen LogP contribution is 2.44. The molecule has 1 aliphatic carbocycles. The molecule has 0 aromatic carbocycles. The van der Waals surface area contributed by atoms with E-state index in [9.17, 15) is 9.59 Å². The lowest BCUT2D eigenvalue weighted by Gasteiger charge is -2.42. The maximum Gasteiger partial charge on any atom is 0.257 e. The smallest absolute Gasteiger partial charge is 0.257 e. The Morgan fingerprint density at radius 3 is 2.72 bits per heavy atom. The van der Waals surface area contributed by atoms with E-state index in [2.05, 4.69) is 9.97 Å². The lowest BCUT2D eigenvalue weighted by atomic mass is 9.83. The van der Waals surface area contributed by atoms with Crippen LogP contribution in [0.25, 0.3) is 0 Å². The Morgan fingerprint density at radius 1 is 1.17 bits per heavy atom. The average Bonchev–Trinajstić information content (AvgIpc) is 3.54. The molecule has 1 spiro atoms. The van der Waals surface area contributed by atoms with Gasteiger partial charge in [0, 0.05) is 56.3 Å². The molecule has 1 saturated carbocycles. The van der Waals surface area contributed by atoms with E-state index in [1.807, 2.05) is 34.1 Å². The van der Waals surface area contributed by atoms with Crippen molar-refractivity contribution in [2.75, 3.05) is 26.2 Å². The third-order valence-electron chi connectivity index (χ3n) is 6.21. The molecule has 2 aromatic rings. The molecule has 3 fully saturated rings. The Hall–Kier alpha value is -2.80. The number of carbonyl (C=O) groups is 2. The van der Waals surface area contributed by atoms with Crippen LogP contribution < -0.4 is 0 Å². The van der Waals surface area contributed by atoms with Gasteiger partial charge in [-0.3, -0.25) is 19.6 Å². The highest BCUT2D eigenvalue weighted by molar-refractivity contribution is 5.90. The molecule has 2 amide bonds. The van der Waals surface area contributed by atoms with Gasteiger partial charge in [0.2, 0.25) is 5.91 Å². The normalized spacial score (nSPS) is 26.9. The second-order valence-electron chi connectivity index (χ2n) is 8.15. The first-order chi connectivity index (χ1) is 14.2. The topological polar surface area (TPSA) is 75.6 Å². The van der Waals surface area contributed by atoms with Gasteiger partial charge in [-0.25, -0.2) is 0 Å². The summed E-state index contributed by atoms with van der Waals surface area (Å²) in [4.78, 5) is 38.5. The molecule has 2 atom stereocenters. The first-order valence-electron chi connectivity index (χ1n) is 10.2. The standard InChI is InChI=1S/C22H24N4O3/c27-20(17-3-4-17)26-14-19(18-2-1-7-24-12-18)22(15-26)21(28)25(10-11-29-22)13-16-5-8-23-9-6-16/h1-2,5-9,12,17,19H,3-4,10-11,13-15H2/t19-,22+/m0/s1. The number of rotatable bonds is 4. The number of aromatic nitrogens is 2. The summed E-state index contributed by atoms with van der Waals surface area (Å²) in [7, 11) is 0. The molecule has 2 aliphatic heterocycles. The minimum atomic E-state index is -1.04. The number of nitrogens with zero attached hydrogens (tertiary/aromatic N) is 4. The van der Waals surface area contributed by atoms with Gasteiger partial charge in [0.1, 0.15) is 0 Å². The van der Waals surface area contributed by atoms with Gasteiger partial charge >= 0.3 is 0 Å². The molecule has 5 rings (SSSR count). The van der Waals surface area contributed by atoms with Crippen LogP contribution in [0.4, 0.5) is 0 Å². The van der Waals surface area contributed by atoms with Crippen molar-refractivity contribution in [1.29, 1.82) is 0 Å². The Morgan fingerprint density at radius 2 is 2.00 bits per heavy atom. The number of ether oxygens (including phenoxy) is 1. The summed E-state index contributed by atoms with van der Waals surface area (Å²) in [6.45, 7) is 2.32. The zero-order valence-electron chi connectivity index (χ0n) is 16.2. The van der Waals surface area contributed by atoms with Crippen LogP contribution in [0.15, 0.2) is 49.1 Å². The Bertz CT molecular complexity index is 903. The third-order valence-corrected chi connectivity index (χ3v) is 6.21. The van der Waals surface area contributed by atoms with Gasteiger partial charge in [-0.1, -0.05) is 6.07 Å². The minimum absolute atomic E-state index is 0.0412. The van der Waals surface area contributed by atoms with Gasteiger partial charge in [0.15, 0.2) is 5.60 Å². The molecule has 4 heterocycles. The minimum Gasteiger partial charge on any atom is -0.361 e. The van der Waals surface area contributed by atoms with Crippen LogP contribution in [0.5, 0.6) is 0 Å². The molecular weight excluding hydrogens is 368 g/mol. The van der Waals surface area contributed by atoms with E-state index in [0.717, 1.165) is 24.0 Å². The first kappa shape index (κ1) is 18.2. The van der Waals surface area contributed by atoms with E-state index in [1.165, 1.54) is 0 Å². The maximum absolute atomic E-state index is 13.7. The van der Waals surface area contributed by atoms with Crippen molar-refractivity contribution in [2.45, 2.75) is 30.9 Å². The highest BCUT2D eigenvalue weighted by Gasteiger charge is 2.58. The average molecular weight is 392 g/mol. The molecule has 150 valence electrons. The molecule has 0 unspecified atom stereocenters. The fourth-order valence-electron chi connectivity index (χ4n) is 4.53. The lowest BCUT2D eigenvalue weighted by molar-refractivity contribution is -0.173. The van der Waals surface area contributed by atoms with Crippen molar-refractivity contribution in [3.8, 4) is 0 Å². The first-order valence-corrected chi connectivity index (χ1v) is 10.2. The third kappa shape index (κ3) is 3.29. The van der Waals surface area contributed by atoms with Crippen molar-refractivity contribution in [3.63, 3.8) is 0 Å². The Kier molecular flexibility index (Phi) is 4.54. The van der Waals surface area contributed by atoms with Crippen molar-refractivity contribution < 1.29 is 14.3 Å². The van der Waals surface area contributed by atoms with Gasteiger partial charge in [-0.15, -0.1) is 0 Å². The second kappa shape index (κ2) is 7.22. The van der Waals surface area contributed by atoms with Crippen LogP contribution in [0.3, 0.4) is 0 Å². The zero-order chi connectivity index (χ0) is 19.8. The van der Waals surface area contributed by atoms with Gasteiger partial charge in [0.05, 0.1) is 13.2 Å². The number of amides is 2. The fourth-order valence-corrected chi connectivity index (χ4v) is 4.53. The summed E-state index contributed by atoms with van der Waals surface area (Å²) in [5.74, 6) is 0.0110. The predicted molar refractivity (Wildman–Crippen MR) is 105 cm³/mol. The van der Waals surface area contributed by atoms with Crippen molar-refractivity contribution in [1.82, 2.24) is 19.8 Å². The van der Waals surface area contributed by atoms with Crippen molar-refractivity contribution >= 4 is 11.8 Å². The second-order valence-corrected chi connectivity index (χ2v) is 8.15. The molecule has 0 bridgehead atoms. The molecular formula is C22H24N4O3. The summed E-state index contributed by atoms with van der Waals surface area (Å²) < 4.78 is 6.23. The number of likely N-dealkylation sites (tertiary alicyclic amines) is 1. The van der Waals surface area contributed by atoms with E-state index in [-0.39, 0.29) is 23.7 Å². The van der Waals surface area contributed by atoms with Crippen LogP contribution >= 0.6 is 0 Å². The van der Waals surface area contributed by atoms with Crippen molar-refractivity contribution in [2.24, 2.45) is 5.92 Å². The summed E-state index contributed by atoms with van der Waals surface area (Å²) in [6.07, 6.45) is 8.87. The maximum atomic E-state index is 13.7. The molecule has 7 nitrogen and oxygen atoms in total. The number of carbonyl (C=O) groups excluding carboxylic acids is 2. The van der Waals surface area contributed by atoms with E-state index < -0.39 is 5.60 Å². The zero-order valence-corrected chi connectivity index (χ0v) is 16.2. The summed E-state index contributed by atoms with van der Waals surface area (Å²) in [6, 6.07) is 7.69. The number of morpholine rings is 1. The molecule has 0 radical (unpaired) electrons. The number of hydrogen-bond acceptors (Lipinski definition) is 5. The summed E-state index contributed by atoms with van der Waals surface area (Å²) in [5.41, 5.74) is 0.934. The van der Waals surface area contributed by atoms with Crippen LogP contribution in [0, 0.1) is 5.92 Å². The molecule has 2 aromatic heterocycles. The Labute approximate surface area is 169 Å². The van der Waals surface area contributed by atoms with E-state index in [1.54, 1.807) is 24.8 Å². The number of hydrogen-bond donors (Lipinski definition) is 0. The van der Waals surface area contributed by atoms with E-state index in [0.29, 0.717) is 32.8 Å². The van der Waals surface area contributed by atoms with Gasteiger partial charge < -0.3 is 14.5 Å². The van der Waals surface area contributed by atoms with Gasteiger partial charge in [0.25, 0.3) is 5.91 Å². The monoisotopic (exact) mass is 392 g/mol. The predicted octanol–water partition coefficient (Wildman–Crippen LogP) is 1.61. The fraction of sp³-hybridized carbons (Fsp3) is 0.455.